The molecule has 2 saturated carbocycles. The van der Waals surface area contributed by atoms with Gasteiger partial charge in [0.15, 0.2) is 17.6 Å². The number of phenolic OH excluding ortho intramolecular Hbond substituents is 1. The van der Waals surface area contributed by atoms with Crippen LogP contribution in [0.5, 0.6) is 11.5 Å². The lowest BCUT2D eigenvalue weighted by atomic mass is 9.50. The largest absolute Gasteiger partial charge is 0.504 e. The molecule has 6 heteroatoms. The maximum Gasteiger partial charge on any atom is 0.207 e. The average molecular weight is 414 g/mol. The molecule has 2 N–H and O–H groups in total. The molecule has 4 atom stereocenters. The minimum absolute atomic E-state index is 0.0773. The number of aromatic hydroxyl groups is 1. The van der Waals surface area contributed by atoms with Crippen molar-refractivity contribution in [3.05, 3.63) is 23.3 Å². The molecule has 2 unspecified atom stereocenters. The van der Waals surface area contributed by atoms with Crippen molar-refractivity contribution in [3.63, 3.8) is 0 Å². The first kappa shape index (κ1) is 18.3. The number of likely N-dealkylation sites (tertiary alicyclic amines) is 1. The summed E-state index contributed by atoms with van der Waals surface area (Å²) in [5.74, 6) is 0.677. The van der Waals surface area contributed by atoms with E-state index in [-0.39, 0.29) is 11.8 Å². The highest BCUT2D eigenvalue weighted by atomic mass is 16.8. The van der Waals surface area contributed by atoms with Gasteiger partial charge in [-0.2, -0.15) is 0 Å². The molecule has 3 aliphatic heterocycles. The normalized spacial score (nSPS) is 41.2. The van der Waals surface area contributed by atoms with E-state index in [1.165, 1.54) is 24.8 Å². The Morgan fingerprint density at radius 3 is 2.67 bits per heavy atom. The fraction of sp³-hybridized carbons (Fsp3) is 0.750. The molecule has 3 aliphatic carbocycles. The van der Waals surface area contributed by atoms with Crippen molar-refractivity contribution in [2.24, 2.45) is 5.92 Å². The molecule has 0 amide bonds. The highest BCUT2D eigenvalue weighted by molar-refractivity contribution is 5.62. The first-order valence-corrected chi connectivity index (χ1v) is 11.8. The van der Waals surface area contributed by atoms with E-state index < -0.39 is 22.9 Å². The van der Waals surface area contributed by atoms with Crippen LogP contribution >= 0.6 is 0 Å². The van der Waals surface area contributed by atoms with E-state index in [9.17, 15) is 10.2 Å². The molecule has 1 aromatic carbocycles. The quantitative estimate of drug-likeness (QED) is 0.776. The molecule has 4 fully saturated rings. The Balaban J connectivity index is 1.43. The number of hydrogen-bond donors (Lipinski definition) is 2. The number of nitrogens with zero attached hydrogens (tertiary/aromatic N) is 1. The lowest BCUT2D eigenvalue weighted by molar-refractivity contribution is -0.285. The molecule has 0 aromatic heterocycles. The number of fused-ring (bicyclic) bond motifs is 1. The minimum Gasteiger partial charge on any atom is -0.504 e. The van der Waals surface area contributed by atoms with Crippen molar-refractivity contribution >= 4 is 0 Å². The van der Waals surface area contributed by atoms with E-state index in [1.54, 1.807) is 6.07 Å². The zero-order valence-electron chi connectivity index (χ0n) is 17.4. The van der Waals surface area contributed by atoms with E-state index in [4.69, 9.17) is 14.2 Å². The maximum absolute atomic E-state index is 12.6. The Morgan fingerprint density at radius 1 is 1.07 bits per heavy atom. The van der Waals surface area contributed by atoms with Crippen LogP contribution in [0.15, 0.2) is 12.1 Å². The van der Waals surface area contributed by atoms with Gasteiger partial charge in [-0.1, -0.05) is 12.5 Å². The van der Waals surface area contributed by atoms with E-state index in [0.29, 0.717) is 31.8 Å². The monoisotopic (exact) mass is 413 g/mol. The molecule has 2 spiro atoms. The zero-order chi connectivity index (χ0) is 20.1. The zero-order valence-corrected chi connectivity index (χ0v) is 17.4. The van der Waals surface area contributed by atoms with Crippen LogP contribution in [0.25, 0.3) is 0 Å². The topological polar surface area (TPSA) is 71.4 Å². The van der Waals surface area contributed by atoms with Crippen LogP contribution in [-0.4, -0.2) is 65.0 Å². The molecule has 2 saturated heterocycles. The second kappa shape index (κ2) is 5.91. The standard InChI is InChI=1S/C24H31NO5/c26-17-6-5-16-13-18-23(27)8-9-24(28-11-12-29-24)21-22(23,19(16)20(17)30-21)7-2-10-25(18)14-15-3-1-4-15/h5-6,15,18,21,26-27H,1-4,7-14H2/t18-,21?,22+,23?/m1/s1. The van der Waals surface area contributed by atoms with Gasteiger partial charge in [-0.3, -0.25) is 4.90 Å². The number of ether oxygens (including phenoxy) is 3. The maximum atomic E-state index is 12.6. The van der Waals surface area contributed by atoms with Gasteiger partial charge in [-0.15, -0.1) is 0 Å². The highest BCUT2D eigenvalue weighted by Crippen LogP contribution is 2.67. The van der Waals surface area contributed by atoms with Crippen molar-refractivity contribution in [2.75, 3.05) is 26.3 Å². The summed E-state index contributed by atoms with van der Waals surface area (Å²) in [4.78, 5) is 2.60. The predicted octanol–water partition coefficient (Wildman–Crippen LogP) is 2.48. The van der Waals surface area contributed by atoms with Gasteiger partial charge in [-0.25, -0.2) is 0 Å². The third-order valence-corrected chi connectivity index (χ3v) is 9.29. The first-order valence-electron chi connectivity index (χ1n) is 11.8. The number of hydrogen-bond acceptors (Lipinski definition) is 6. The van der Waals surface area contributed by atoms with E-state index in [1.807, 2.05) is 0 Å². The summed E-state index contributed by atoms with van der Waals surface area (Å²) >= 11 is 0. The van der Waals surface area contributed by atoms with Crippen molar-refractivity contribution in [1.82, 2.24) is 4.90 Å². The first-order chi connectivity index (χ1) is 14.6. The smallest absolute Gasteiger partial charge is 0.207 e. The fourth-order valence-electron chi connectivity index (χ4n) is 7.82. The number of phenols is 1. The van der Waals surface area contributed by atoms with Crippen LogP contribution in [0.1, 0.15) is 56.1 Å². The molecule has 30 heavy (non-hydrogen) atoms. The van der Waals surface area contributed by atoms with Gasteiger partial charge in [0.25, 0.3) is 0 Å². The third kappa shape index (κ3) is 2.00. The average Bonchev–Trinajstić information content (AvgIpc) is 3.30. The summed E-state index contributed by atoms with van der Waals surface area (Å²) in [6, 6.07) is 3.89. The summed E-state index contributed by atoms with van der Waals surface area (Å²) in [5, 5.41) is 23.3. The molecule has 7 rings (SSSR count). The Hall–Kier alpha value is -1.34. The highest BCUT2D eigenvalue weighted by Gasteiger charge is 2.76. The predicted molar refractivity (Wildman–Crippen MR) is 109 cm³/mol. The van der Waals surface area contributed by atoms with E-state index >= 15 is 0 Å². The Morgan fingerprint density at radius 2 is 1.90 bits per heavy atom. The van der Waals surface area contributed by atoms with Gasteiger partial charge < -0.3 is 24.4 Å². The molecule has 3 heterocycles. The summed E-state index contributed by atoms with van der Waals surface area (Å²) in [7, 11) is 0. The molecule has 0 radical (unpaired) electrons. The molecule has 162 valence electrons. The van der Waals surface area contributed by atoms with Crippen molar-refractivity contribution in [2.45, 2.75) is 80.3 Å². The summed E-state index contributed by atoms with van der Waals surface area (Å²) in [6.45, 7) is 3.22. The lowest BCUT2D eigenvalue weighted by Gasteiger charge is -2.61. The summed E-state index contributed by atoms with van der Waals surface area (Å²) < 4.78 is 19.0. The van der Waals surface area contributed by atoms with Gasteiger partial charge in [0.1, 0.15) is 0 Å². The molecule has 1 aromatic rings. The van der Waals surface area contributed by atoms with Crippen LogP contribution in [0.3, 0.4) is 0 Å². The SMILES string of the molecule is Oc1ccc2c3c1OC1C4(CCC5(O)[C@@H](C2)N(CC2CCC2)CCC[C@]315)OCCO4. The second-order valence-electron chi connectivity index (χ2n) is 10.5. The number of benzene rings is 1. The van der Waals surface area contributed by atoms with Gasteiger partial charge in [-0.05, 0) is 62.6 Å². The van der Waals surface area contributed by atoms with Crippen molar-refractivity contribution in [3.8, 4) is 11.5 Å². The van der Waals surface area contributed by atoms with Gasteiger partial charge in [0.05, 0.1) is 24.2 Å². The lowest BCUT2D eigenvalue weighted by Crippen LogP contribution is -2.75. The Labute approximate surface area is 177 Å². The Kier molecular flexibility index (Phi) is 3.60. The Bertz CT molecular complexity index is 894. The minimum atomic E-state index is -0.898. The van der Waals surface area contributed by atoms with Gasteiger partial charge in [0, 0.05) is 24.6 Å². The van der Waals surface area contributed by atoms with Crippen LogP contribution in [0.2, 0.25) is 0 Å². The summed E-state index contributed by atoms with van der Waals surface area (Å²) in [5.41, 5.74) is 0.770. The van der Waals surface area contributed by atoms with E-state index in [2.05, 4.69) is 11.0 Å². The molecule has 6 aliphatic rings. The van der Waals surface area contributed by atoms with Gasteiger partial charge >= 0.3 is 0 Å². The van der Waals surface area contributed by atoms with Gasteiger partial charge in [0.2, 0.25) is 5.79 Å². The number of aliphatic hydroxyl groups is 1. The van der Waals surface area contributed by atoms with Crippen LogP contribution in [0.4, 0.5) is 0 Å². The molecule has 2 bridgehead atoms. The molecule has 6 nitrogen and oxygen atoms in total. The van der Waals surface area contributed by atoms with Crippen LogP contribution < -0.4 is 4.74 Å². The molecular weight excluding hydrogens is 382 g/mol. The van der Waals surface area contributed by atoms with Crippen LogP contribution in [0, 0.1) is 5.92 Å². The summed E-state index contributed by atoms with van der Waals surface area (Å²) in [6.07, 6.45) is 7.50. The number of rotatable bonds is 2. The third-order valence-electron chi connectivity index (χ3n) is 9.29. The van der Waals surface area contributed by atoms with Crippen molar-refractivity contribution < 1.29 is 24.4 Å². The fourth-order valence-corrected chi connectivity index (χ4v) is 7.82. The molecular formula is C24H31NO5. The second-order valence-corrected chi connectivity index (χ2v) is 10.5. The van der Waals surface area contributed by atoms with Crippen molar-refractivity contribution in [1.29, 1.82) is 0 Å². The van der Waals surface area contributed by atoms with E-state index in [0.717, 1.165) is 43.8 Å². The van der Waals surface area contributed by atoms with Crippen LogP contribution in [-0.2, 0) is 21.3 Å².